The van der Waals surface area contributed by atoms with E-state index in [2.05, 4.69) is 52.5 Å². The zero-order valence-electron chi connectivity index (χ0n) is 25.2. The van der Waals surface area contributed by atoms with Crippen molar-refractivity contribution in [2.24, 2.45) is 0 Å². The predicted octanol–water partition coefficient (Wildman–Crippen LogP) is 7.98. The summed E-state index contributed by atoms with van der Waals surface area (Å²) in [6.07, 6.45) is 0. The number of hydrogen-bond donors (Lipinski definition) is 2. The van der Waals surface area contributed by atoms with Crippen LogP contribution in [0.15, 0.2) is 75.5 Å². The highest BCUT2D eigenvalue weighted by atomic mass is 79.9. The molecular formula is C33H36BrN5O3S. The molecule has 5 rings (SSSR count). The number of nitrogens with zero attached hydrogens (tertiary/aromatic N) is 3. The lowest BCUT2D eigenvalue weighted by Crippen LogP contribution is -2.31. The lowest BCUT2D eigenvalue weighted by atomic mass is 9.94. The molecule has 0 bridgehead atoms. The second-order valence-electron chi connectivity index (χ2n) is 10.3. The summed E-state index contributed by atoms with van der Waals surface area (Å²) in [5, 5.41) is 11.9. The number of amides is 1. The third-order valence-corrected chi connectivity index (χ3v) is 8.79. The molecular weight excluding hydrogens is 626 g/mol. The van der Waals surface area contributed by atoms with Gasteiger partial charge < -0.3 is 20.1 Å². The van der Waals surface area contributed by atoms with Crippen LogP contribution in [-0.4, -0.2) is 33.0 Å². The van der Waals surface area contributed by atoms with Gasteiger partial charge in [-0.05, 0) is 102 Å². The largest absolute Gasteiger partial charge is 0.490 e. The van der Waals surface area contributed by atoms with E-state index < -0.39 is 6.04 Å². The second-order valence-corrected chi connectivity index (χ2v) is 12.4. The van der Waals surface area contributed by atoms with Crippen molar-refractivity contribution in [1.29, 1.82) is 0 Å². The number of aromatic nitrogens is 3. The Morgan fingerprint density at radius 3 is 2.56 bits per heavy atom. The van der Waals surface area contributed by atoms with Crippen LogP contribution in [0.2, 0.25) is 0 Å². The highest BCUT2D eigenvalue weighted by Gasteiger charge is 2.35. The first-order valence-corrected chi connectivity index (χ1v) is 16.1. The number of ether oxygens (including phenoxy) is 2. The average molecular weight is 663 g/mol. The molecule has 1 aromatic heterocycles. The highest BCUT2D eigenvalue weighted by molar-refractivity contribution is 9.10. The van der Waals surface area contributed by atoms with Crippen molar-refractivity contribution in [3.63, 3.8) is 0 Å². The molecule has 8 nitrogen and oxygen atoms in total. The molecule has 224 valence electrons. The molecule has 0 fully saturated rings. The molecule has 4 aromatic rings. The molecule has 0 saturated carbocycles. The summed E-state index contributed by atoms with van der Waals surface area (Å²) < 4.78 is 14.9. The highest BCUT2D eigenvalue weighted by Crippen LogP contribution is 2.44. The molecule has 1 aliphatic rings. The summed E-state index contributed by atoms with van der Waals surface area (Å²) in [6, 6.07) is 17.4. The van der Waals surface area contributed by atoms with Crippen LogP contribution in [0.25, 0.3) is 0 Å². The first kappa shape index (κ1) is 30.7. The van der Waals surface area contributed by atoms with Crippen molar-refractivity contribution >= 4 is 45.2 Å². The van der Waals surface area contributed by atoms with Crippen LogP contribution in [0, 0.1) is 20.8 Å². The Bertz CT molecular complexity index is 1700. The third kappa shape index (κ3) is 6.45. The molecule has 2 heterocycles. The third-order valence-electron chi connectivity index (χ3n) is 7.48. The Morgan fingerprint density at radius 1 is 1.05 bits per heavy atom. The molecule has 1 amide bonds. The van der Waals surface area contributed by atoms with Crippen LogP contribution in [0.3, 0.4) is 0 Å². The molecule has 2 N–H and O–H groups in total. The van der Waals surface area contributed by atoms with E-state index in [0.717, 1.165) is 43.7 Å². The van der Waals surface area contributed by atoms with Gasteiger partial charge in [-0.15, -0.1) is 5.10 Å². The van der Waals surface area contributed by atoms with Crippen molar-refractivity contribution in [3.05, 3.63) is 98.2 Å². The zero-order valence-corrected chi connectivity index (χ0v) is 27.6. The van der Waals surface area contributed by atoms with Crippen LogP contribution in [0.1, 0.15) is 54.6 Å². The molecule has 10 heteroatoms. The van der Waals surface area contributed by atoms with Gasteiger partial charge in [-0.3, -0.25) is 4.79 Å². The van der Waals surface area contributed by atoms with Gasteiger partial charge in [0.25, 0.3) is 5.91 Å². The molecule has 3 aromatic carbocycles. The van der Waals surface area contributed by atoms with Gasteiger partial charge in [0.15, 0.2) is 11.5 Å². The quantitative estimate of drug-likeness (QED) is 0.167. The lowest BCUT2D eigenvalue weighted by Gasteiger charge is -2.29. The Kier molecular flexibility index (Phi) is 9.46. The van der Waals surface area contributed by atoms with Crippen LogP contribution in [0.4, 0.5) is 11.6 Å². The number of anilines is 2. The van der Waals surface area contributed by atoms with E-state index in [1.165, 1.54) is 0 Å². The van der Waals surface area contributed by atoms with E-state index in [1.807, 2.05) is 70.2 Å². The van der Waals surface area contributed by atoms with Gasteiger partial charge in [0.2, 0.25) is 11.1 Å². The molecule has 43 heavy (non-hydrogen) atoms. The van der Waals surface area contributed by atoms with E-state index in [-0.39, 0.29) is 5.91 Å². The second kappa shape index (κ2) is 13.3. The van der Waals surface area contributed by atoms with Gasteiger partial charge in [0, 0.05) is 11.4 Å². The van der Waals surface area contributed by atoms with Crippen molar-refractivity contribution in [2.45, 2.75) is 59.3 Å². The number of rotatable bonds is 10. The number of nitrogens with one attached hydrogen (secondary N) is 2. The molecule has 0 saturated heterocycles. The van der Waals surface area contributed by atoms with E-state index >= 15 is 0 Å². The standard InChI is InChI=1S/C33H36BrN5O3S/c1-7-41-27-17-24(16-25(34)30(27)42-18-23-14-10-9-12-20(23)4)29-28(31(40)36-26-15-11-13-19(3)21(26)5)22(6)35-32-37-33(43-8-2)38-39(29)32/h9-17,29H,7-8,18H2,1-6H3,(H,36,40)(H,35,37,38). The molecule has 0 spiro atoms. The van der Waals surface area contributed by atoms with Gasteiger partial charge >= 0.3 is 0 Å². The number of allylic oxidation sites excluding steroid dienone is 1. The fourth-order valence-corrected chi connectivity index (χ4v) is 6.20. The fourth-order valence-electron chi connectivity index (χ4n) is 5.07. The average Bonchev–Trinajstić information content (AvgIpc) is 3.37. The van der Waals surface area contributed by atoms with Gasteiger partial charge in [-0.25, -0.2) is 4.68 Å². The fraction of sp³-hybridized carbons (Fsp3) is 0.303. The number of fused-ring (bicyclic) bond motifs is 1. The summed E-state index contributed by atoms with van der Waals surface area (Å²) in [5.41, 5.74) is 7.20. The number of carbonyl (C=O) groups is 1. The maximum absolute atomic E-state index is 14.1. The molecule has 1 unspecified atom stereocenters. The van der Waals surface area contributed by atoms with Crippen LogP contribution in [0.5, 0.6) is 11.5 Å². The molecule has 1 aliphatic heterocycles. The summed E-state index contributed by atoms with van der Waals surface area (Å²) in [6.45, 7) is 12.8. The smallest absolute Gasteiger partial charge is 0.255 e. The van der Waals surface area contributed by atoms with Gasteiger partial charge in [0.05, 0.1) is 16.7 Å². The SMILES string of the molecule is CCOc1cc(C2C(C(=O)Nc3cccc(C)c3C)=C(C)Nc3nc(SCC)nn32)cc(Br)c1OCc1ccccc1C. The van der Waals surface area contributed by atoms with Gasteiger partial charge in [-0.1, -0.05) is 55.1 Å². The van der Waals surface area contributed by atoms with E-state index in [4.69, 9.17) is 19.6 Å². The number of halogens is 1. The van der Waals surface area contributed by atoms with Crippen molar-refractivity contribution in [1.82, 2.24) is 14.8 Å². The minimum Gasteiger partial charge on any atom is -0.490 e. The van der Waals surface area contributed by atoms with Gasteiger partial charge in [0.1, 0.15) is 12.6 Å². The normalized spacial score (nSPS) is 14.3. The minimum atomic E-state index is -0.569. The minimum absolute atomic E-state index is 0.219. The number of aryl methyl sites for hydroxylation is 2. The molecule has 0 radical (unpaired) electrons. The maximum atomic E-state index is 14.1. The molecule has 1 atom stereocenters. The van der Waals surface area contributed by atoms with Crippen LogP contribution < -0.4 is 20.1 Å². The van der Waals surface area contributed by atoms with Crippen molar-refractivity contribution in [2.75, 3.05) is 23.0 Å². The summed E-state index contributed by atoms with van der Waals surface area (Å²) in [5.74, 6) is 2.37. The summed E-state index contributed by atoms with van der Waals surface area (Å²) >= 11 is 5.30. The first-order chi connectivity index (χ1) is 20.7. The van der Waals surface area contributed by atoms with Crippen molar-refractivity contribution in [3.8, 4) is 11.5 Å². The predicted molar refractivity (Wildman–Crippen MR) is 176 cm³/mol. The Morgan fingerprint density at radius 2 is 1.81 bits per heavy atom. The first-order valence-electron chi connectivity index (χ1n) is 14.3. The Labute approximate surface area is 265 Å². The van der Waals surface area contributed by atoms with Gasteiger partial charge in [-0.2, -0.15) is 4.98 Å². The number of carbonyl (C=O) groups excluding carboxylic acids is 1. The number of hydrogen-bond acceptors (Lipinski definition) is 7. The summed E-state index contributed by atoms with van der Waals surface area (Å²) in [7, 11) is 0. The Hall–Kier alpha value is -3.76. The monoisotopic (exact) mass is 661 g/mol. The van der Waals surface area contributed by atoms with E-state index in [0.29, 0.717) is 47.1 Å². The molecule has 0 aliphatic carbocycles. The lowest BCUT2D eigenvalue weighted by molar-refractivity contribution is -0.113. The number of benzene rings is 3. The maximum Gasteiger partial charge on any atom is 0.255 e. The topological polar surface area (TPSA) is 90.3 Å². The van der Waals surface area contributed by atoms with Crippen LogP contribution >= 0.6 is 27.7 Å². The van der Waals surface area contributed by atoms with E-state index in [9.17, 15) is 4.79 Å². The number of thioether (sulfide) groups is 1. The summed E-state index contributed by atoms with van der Waals surface area (Å²) in [4.78, 5) is 18.8. The Balaban J connectivity index is 1.58. The van der Waals surface area contributed by atoms with E-state index in [1.54, 1.807) is 16.4 Å². The zero-order chi connectivity index (χ0) is 30.7. The van der Waals surface area contributed by atoms with Crippen molar-refractivity contribution < 1.29 is 14.3 Å². The van der Waals surface area contributed by atoms with Crippen LogP contribution in [-0.2, 0) is 11.4 Å².